The van der Waals surface area contributed by atoms with E-state index in [2.05, 4.69) is 19.2 Å². The molecule has 6 nitrogen and oxygen atoms in total. The maximum Gasteiger partial charge on any atom is 0.259 e. The molecule has 154 valence electrons. The summed E-state index contributed by atoms with van der Waals surface area (Å²) in [6.45, 7) is 5.98. The van der Waals surface area contributed by atoms with Crippen molar-refractivity contribution >= 4 is 46.0 Å². The van der Waals surface area contributed by atoms with Gasteiger partial charge in [-0.1, -0.05) is 55.9 Å². The summed E-state index contributed by atoms with van der Waals surface area (Å²) in [5, 5.41) is 2.97. The summed E-state index contributed by atoms with van der Waals surface area (Å²) < 4.78 is 0. The van der Waals surface area contributed by atoms with Crippen molar-refractivity contribution in [1.29, 1.82) is 0 Å². The van der Waals surface area contributed by atoms with E-state index in [-0.39, 0.29) is 11.8 Å². The fourth-order valence-electron chi connectivity index (χ4n) is 3.46. The van der Waals surface area contributed by atoms with Gasteiger partial charge in [0.2, 0.25) is 5.91 Å². The van der Waals surface area contributed by atoms with Gasteiger partial charge in [0.1, 0.15) is 11.9 Å². The highest BCUT2D eigenvalue weighted by Gasteiger charge is 2.42. The number of rotatable bonds is 5. The van der Waals surface area contributed by atoms with E-state index in [9.17, 15) is 9.59 Å². The third-order valence-corrected chi connectivity index (χ3v) is 5.99. The van der Waals surface area contributed by atoms with Gasteiger partial charge in [-0.05, 0) is 43.5 Å². The monoisotopic (exact) mass is 420 g/mol. The number of anilines is 1. The van der Waals surface area contributed by atoms with Crippen LogP contribution in [0.25, 0.3) is 0 Å². The van der Waals surface area contributed by atoms with Crippen LogP contribution < -0.4 is 5.32 Å². The first-order chi connectivity index (χ1) is 14.4. The topological polar surface area (TPSA) is 74.1 Å². The summed E-state index contributed by atoms with van der Waals surface area (Å²) in [4.78, 5) is 36.9. The van der Waals surface area contributed by atoms with Crippen molar-refractivity contribution in [3.63, 3.8) is 0 Å². The average Bonchev–Trinajstić information content (AvgIpc) is 3.05. The van der Waals surface area contributed by atoms with E-state index in [0.717, 1.165) is 16.9 Å². The van der Waals surface area contributed by atoms with Crippen LogP contribution in [-0.4, -0.2) is 39.0 Å². The molecule has 7 heteroatoms. The maximum absolute atomic E-state index is 13.2. The number of amidine groups is 2. The Kier molecular flexibility index (Phi) is 5.72. The number of thioether (sulfide) groups is 1. The van der Waals surface area contributed by atoms with Crippen molar-refractivity contribution in [2.45, 2.75) is 38.5 Å². The summed E-state index contributed by atoms with van der Waals surface area (Å²) in [6, 6.07) is 16.6. The second-order valence-electron chi connectivity index (χ2n) is 7.80. The number of carbonyl (C=O) groups excluding carboxylic acids is 2. The predicted octanol–water partition coefficient (Wildman–Crippen LogP) is 4.45. The Morgan fingerprint density at radius 2 is 1.80 bits per heavy atom. The van der Waals surface area contributed by atoms with Crippen molar-refractivity contribution in [3.8, 4) is 0 Å². The Labute approximate surface area is 180 Å². The molecular formula is C23H24N4O2S. The molecule has 0 fully saturated rings. The zero-order valence-electron chi connectivity index (χ0n) is 17.2. The Hall–Kier alpha value is -2.93. The van der Waals surface area contributed by atoms with Crippen LogP contribution in [0, 0.1) is 5.92 Å². The van der Waals surface area contributed by atoms with E-state index in [4.69, 9.17) is 9.98 Å². The van der Waals surface area contributed by atoms with E-state index in [0.29, 0.717) is 23.3 Å². The van der Waals surface area contributed by atoms with Crippen molar-refractivity contribution in [2.75, 3.05) is 5.32 Å². The first-order valence-electron chi connectivity index (χ1n) is 10.1. The fraction of sp³-hybridized carbons (Fsp3) is 0.304. The Morgan fingerprint density at radius 1 is 1.10 bits per heavy atom. The molecule has 0 saturated carbocycles. The summed E-state index contributed by atoms with van der Waals surface area (Å²) in [5.41, 5.74) is 2.36. The third-order valence-electron chi connectivity index (χ3n) is 4.94. The molecule has 1 N–H and O–H groups in total. The minimum absolute atomic E-state index is 0.0740. The number of aliphatic imine (C=N–C) groups is 2. The second kappa shape index (κ2) is 8.44. The van der Waals surface area contributed by atoms with Crippen LogP contribution in [-0.2, 0) is 9.59 Å². The van der Waals surface area contributed by atoms with E-state index >= 15 is 0 Å². The molecule has 2 aliphatic rings. The number of para-hydroxylation sites is 2. The molecule has 0 aliphatic carbocycles. The van der Waals surface area contributed by atoms with Crippen molar-refractivity contribution in [1.82, 2.24) is 4.90 Å². The van der Waals surface area contributed by atoms with Crippen LogP contribution in [0.2, 0.25) is 0 Å². The molecule has 2 unspecified atom stereocenters. The molecule has 2 aromatic rings. The van der Waals surface area contributed by atoms with Gasteiger partial charge in [-0.15, -0.1) is 0 Å². The number of benzene rings is 2. The standard InChI is InChI=1S/C23H24N4O2S/c1-14(2)13-19-22(29)27-20(25-19)17-11-7-8-12-18(17)26-23(27)30-15(3)21(28)24-16-9-5-4-6-10-16/h4-12,14-15,19H,13H2,1-3H3,(H,24,28). The molecule has 2 aromatic carbocycles. The molecule has 2 heterocycles. The number of fused-ring (bicyclic) bond motifs is 3. The van der Waals surface area contributed by atoms with Gasteiger partial charge in [0.05, 0.1) is 10.9 Å². The van der Waals surface area contributed by atoms with Crippen LogP contribution in [0.4, 0.5) is 11.4 Å². The van der Waals surface area contributed by atoms with E-state index in [1.165, 1.54) is 11.8 Å². The maximum atomic E-state index is 13.2. The van der Waals surface area contributed by atoms with Gasteiger partial charge in [0, 0.05) is 11.3 Å². The van der Waals surface area contributed by atoms with Gasteiger partial charge in [-0.3, -0.25) is 14.6 Å². The zero-order valence-corrected chi connectivity index (χ0v) is 18.0. The lowest BCUT2D eigenvalue weighted by molar-refractivity contribution is -0.125. The first kappa shape index (κ1) is 20.3. The summed E-state index contributed by atoms with van der Waals surface area (Å²) in [6.07, 6.45) is 0.684. The number of carbonyl (C=O) groups is 2. The van der Waals surface area contributed by atoms with Gasteiger partial charge in [-0.25, -0.2) is 9.89 Å². The number of nitrogens with zero attached hydrogens (tertiary/aromatic N) is 3. The largest absolute Gasteiger partial charge is 0.325 e. The first-order valence-corrected chi connectivity index (χ1v) is 10.9. The van der Waals surface area contributed by atoms with Gasteiger partial charge < -0.3 is 5.32 Å². The lowest BCUT2D eigenvalue weighted by Crippen LogP contribution is -2.42. The van der Waals surface area contributed by atoms with Crippen molar-refractivity contribution in [2.24, 2.45) is 15.9 Å². The molecule has 0 aromatic heterocycles. The third kappa shape index (κ3) is 4.03. The van der Waals surface area contributed by atoms with Gasteiger partial charge in [0.25, 0.3) is 5.91 Å². The molecule has 30 heavy (non-hydrogen) atoms. The van der Waals surface area contributed by atoms with Crippen LogP contribution in [0.3, 0.4) is 0 Å². The molecule has 0 saturated heterocycles. The van der Waals surface area contributed by atoms with Gasteiger partial charge in [-0.2, -0.15) is 0 Å². The Balaban J connectivity index is 1.60. The highest BCUT2D eigenvalue weighted by molar-refractivity contribution is 8.15. The lowest BCUT2D eigenvalue weighted by atomic mass is 10.0. The smallest absolute Gasteiger partial charge is 0.259 e. The number of nitrogens with one attached hydrogen (secondary N) is 1. The van der Waals surface area contributed by atoms with Crippen LogP contribution >= 0.6 is 11.8 Å². The van der Waals surface area contributed by atoms with Crippen molar-refractivity contribution < 1.29 is 9.59 Å². The zero-order chi connectivity index (χ0) is 21.3. The number of amides is 2. The summed E-state index contributed by atoms with van der Waals surface area (Å²) in [5.74, 6) is 0.768. The summed E-state index contributed by atoms with van der Waals surface area (Å²) >= 11 is 1.27. The highest BCUT2D eigenvalue weighted by Crippen LogP contribution is 2.35. The molecule has 2 amide bonds. The second-order valence-corrected chi connectivity index (χ2v) is 9.11. The SMILES string of the molecule is CC(C)CC1N=C2c3ccccc3N=C(SC(C)C(=O)Nc3ccccc3)N2C1=O. The van der Waals surface area contributed by atoms with Crippen LogP contribution in [0.15, 0.2) is 64.6 Å². The quantitative estimate of drug-likeness (QED) is 0.776. The Morgan fingerprint density at radius 3 is 2.53 bits per heavy atom. The van der Waals surface area contributed by atoms with E-state index in [1.807, 2.05) is 61.5 Å². The molecule has 2 aliphatic heterocycles. The van der Waals surface area contributed by atoms with Crippen LogP contribution in [0.5, 0.6) is 0 Å². The van der Waals surface area contributed by atoms with E-state index in [1.54, 1.807) is 4.90 Å². The van der Waals surface area contributed by atoms with E-state index < -0.39 is 11.3 Å². The van der Waals surface area contributed by atoms with Gasteiger partial charge >= 0.3 is 0 Å². The number of hydrogen-bond acceptors (Lipinski definition) is 5. The normalized spacial score (nSPS) is 18.5. The summed E-state index contributed by atoms with van der Waals surface area (Å²) in [7, 11) is 0. The highest BCUT2D eigenvalue weighted by atomic mass is 32.2. The molecular weight excluding hydrogens is 396 g/mol. The minimum atomic E-state index is -0.438. The molecule has 2 atom stereocenters. The van der Waals surface area contributed by atoms with Crippen LogP contribution in [0.1, 0.15) is 32.8 Å². The Bertz CT molecular complexity index is 1030. The molecule has 0 spiro atoms. The molecule has 0 radical (unpaired) electrons. The average molecular weight is 421 g/mol. The minimum Gasteiger partial charge on any atom is -0.325 e. The fourth-order valence-corrected chi connectivity index (χ4v) is 4.37. The lowest BCUT2D eigenvalue weighted by Gasteiger charge is -2.27. The molecule has 0 bridgehead atoms. The molecule has 4 rings (SSSR count). The number of hydrogen-bond donors (Lipinski definition) is 1. The predicted molar refractivity (Wildman–Crippen MR) is 122 cm³/mol. The van der Waals surface area contributed by atoms with Gasteiger partial charge in [0.15, 0.2) is 5.17 Å². The van der Waals surface area contributed by atoms with Crippen molar-refractivity contribution in [3.05, 3.63) is 60.2 Å².